The summed E-state index contributed by atoms with van der Waals surface area (Å²) in [4.78, 5) is 14.0. The minimum absolute atomic E-state index is 0.0658. The third kappa shape index (κ3) is 3.03. The Bertz CT molecular complexity index is 564. The number of fused-ring (bicyclic) bond motifs is 1. The van der Waals surface area contributed by atoms with E-state index in [-0.39, 0.29) is 5.91 Å². The number of anilines is 1. The van der Waals surface area contributed by atoms with E-state index in [0.717, 1.165) is 42.7 Å². The average Bonchev–Trinajstić information content (AvgIpc) is 3.02. The van der Waals surface area contributed by atoms with E-state index in [4.69, 9.17) is 5.73 Å². The van der Waals surface area contributed by atoms with Crippen molar-refractivity contribution >= 4 is 22.2 Å². The SMILES string of the molecule is CC(C)(C)[C@H]1CCc2c(sc(N)c2C(=O)NC2CCCC2)C1. The Morgan fingerprint density at radius 2 is 1.91 bits per heavy atom. The first-order chi connectivity index (χ1) is 10.4. The Labute approximate surface area is 137 Å². The minimum Gasteiger partial charge on any atom is -0.390 e. The zero-order valence-electron chi connectivity index (χ0n) is 14.0. The summed E-state index contributed by atoms with van der Waals surface area (Å²) in [5.74, 6) is 0.750. The van der Waals surface area contributed by atoms with Crippen molar-refractivity contribution in [3.8, 4) is 0 Å². The summed E-state index contributed by atoms with van der Waals surface area (Å²) in [7, 11) is 0. The highest BCUT2D eigenvalue weighted by Crippen LogP contribution is 2.43. The average molecular weight is 321 g/mol. The van der Waals surface area contributed by atoms with Crippen molar-refractivity contribution in [2.24, 2.45) is 11.3 Å². The Morgan fingerprint density at radius 3 is 2.55 bits per heavy atom. The van der Waals surface area contributed by atoms with Crippen LogP contribution in [0.2, 0.25) is 0 Å². The maximum atomic E-state index is 12.6. The molecule has 0 unspecified atom stereocenters. The van der Waals surface area contributed by atoms with Gasteiger partial charge in [-0.2, -0.15) is 0 Å². The molecule has 122 valence electrons. The molecule has 0 aromatic carbocycles. The molecule has 3 rings (SSSR count). The van der Waals surface area contributed by atoms with Gasteiger partial charge < -0.3 is 11.1 Å². The molecule has 22 heavy (non-hydrogen) atoms. The second-order valence-corrected chi connectivity index (χ2v) is 9.14. The predicted molar refractivity (Wildman–Crippen MR) is 93.4 cm³/mol. The number of nitrogens with two attached hydrogens (primary N) is 1. The molecule has 1 saturated carbocycles. The molecule has 1 amide bonds. The van der Waals surface area contributed by atoms with Crippen molar-refractivity contribution in [2.45, 2.75) is 71.8 Å². The molecule has 2 aliphatic carbocycles. The zero-order valence-corrected chi connectivity index (χ0v) is 14.8. The second kappa shape index (κ2) is 5.88. The Hall–Kier alpha value is -1.03. The van der Waals surface area contributed by atoms with Crippen molar-refractivity contribution in [1.29, 1.82) is 0 Å². The lowest BCUT2D eigenvalue weighted by Crippen LogP contribution is -2.34. The standard InChI is InChI=1S/C18H28N2OS/c1-18(2,3)11-8-9-13-14(10-11)22-16(19)15(13)17(21)20-12-6-4-5-7-12/h11-12H,4-10,19H2,1-3H3,(H,20,21)/t11-/m0/s1. The lowest BCUT2D eigenvalue weighted by molar-refractivity contribution is 0.0937. The van der Waals surface area contributed by atoms with Crippen LogP contribution in [0.3, 0.4) is 0 Å². The first-order valence-corrected chi connectivity index (χ1v) is 9.38. The van der Waals surface area contributed by atoms with E-state index in [1.165, 1.54) is 23.3 Å². The molecule has 1 aromatic heterocycles. The van der Waals surface area contributed by atoms with E-state index in [9.17, 15) is 4.79 Å². The quantitative estimate of drug-likeness (QED) is 0.860. The van der Waals surface area contributed by atoms with Crippen LogP contribution in [0.4, 0.5) is 5.00 Å². The molecule has 0 saturated heterocycles. The smallest absolute Gasteiger partial charge is 0.254 e. The first kappa shape index (κ1) is 15.9. The third-order valence-electron chi connectivity index (χ3n) is 5.43. The lowest BCUT2D eigenvalue weighted by atomic mass is 9.72. The van der Waals surface area contributed by atoms with Gasteiger partial charge in [-0.1, -0.05) is 33.6 Å². The first-order valence-electron chi connectivity index (χ1n) is 8.57. The van der Waals surface area contributed by atoms with Crippen LogP contribution in [0.25, 0.3) is 0 Å². The molecule has 4 heteroatoms. The number of rotatable bonds is 2. The van der Waals surface area contributed by atoms with Crippen LogP contribution in [0, 0.1) is 11.3 Å². The minimum atomic E-state index is 0.0658. The summed E-state index contributed by atoms with van der Waals surface area (Å²) < 4.78 is 0. The number of amides is 1. The fraction of sp³-hybridized carbons (Fsp3) is 0.722. The van der Waals surface area contributed by atoms with E-state index >= 15 is 0 Å². The summed E-state index contributed by atoms with van der Waals surface area (Å²) >= 11 is 1.64. The number of carbonyl (C=O) groups is 1. The Morgan fingerprint density at radius 1 is 1.23 bits per heavy atom. The molecule has 2 aliphatic rings. The number of hydrogen-bond acceptors (Lipinski definition) is 3. The van der Waals surface area contributed by atoms with Gasteiger partial charge in [0.15, 0.2) is 0 Å². The van der Waals surface area contributed by atoms with Gasteiger partial charge in [-0.05, 0) is 49.0 Å². The summed E-state index contributed by atoms with van der Waals surface area (Å²) in [6.45, 7) is 6.94. The van der Waals surface area contributed by atoms with Crippen LogP contribution in [-0.2, 0) is 12.8 Å². The van der Waals surface area contributed by atoms with E-state index in [2.05, 4.69) is 26.1 Å². The van der Waals surface area contributed by atoms with Gasteiger partial charge in [-0.15, -0.1) is 11.3 Å². The predicted octanol–water partition coefficient (Wildman–Crippen LogP) is 4.15. The maximum absolute atomic E-state index is 12.6. The summed E-state index contributed by atoms with van der Waals surface area (Å²) in [5.41, 5.74) is 8.56. The number of nitrogen functional groups attached to an aromatic ring is 1. The normalized spacial score (nSPS) is 22.6. The van der Waals surface area contributed by atoms with Gasteiger partial charge in [0.2, 0.25) is 0 Å². The molecule has 1 aromatic rings. The van der Waals surface area contributed by atoms with Crippen LogP contribution in [0.15, 0.2) is 0 Å². The molecule has 3 nitrogen and oxygen atoms in total. The van der Waals surface area contributed by atoms with Gasteiger partial charge in [-0.3, -0.25) is 4.79 Å². The summed E-state index contributed by atoms with van der Waals surface area (Å²) in [6, 6.07) is 0.355. The van der Waals surface area contributed by atoms with Gasteiger partial charge in [0.05, 0.1) is 10.6 Å². The highest BCUT2D eigenvalue weighted by molar-refractivity contribution is 7.16. The second-order valence-electron chi connectivity index (χ2n) is 8.00. The zero-order chi connectivity index (χ0) is 15.9. The monoisotopic (exact) mass is 320 g/mol. The van der Waals surface area contributed by atoms with E-state index < -0.39 is 0 Å². The molecule has 1 heterocycles. The third-order valence-corrected chi connectivity index (χ3v) is 6.52. The van der Waals surface area contributed by atoms with Crippen LogP contribution >= 0.6 is 11.3 Å². The summed E-state index contributed by atoms with van der Waals surface area (Å²) in [6.07, 6.45) is 7.93. The van der Waals surface area contributed by atoms with Crippen LogP contribution in [0.5, 0.6) is 0 Å². The van der Waals surface area contributed by atoms with Crippen LogP contribution in [-0.4, -0.2) is 11.9 Å². The Balaban J connectivity index is 1.79. The van der Waals surface area contributed by atoms with E-state index in [0.29, 0.717) is 17.4 Å². The number of carbonyl (C=O) groups excluding carboxylic acids is 1. The lowest BCUT2D eigenvalue weighted by Gasteiger charge is -2.33. The van der Waals surface area contributed by atoms with Gasteiger partial charge in [-0.25, -0.2) is 0 Å². The molecular formula is C18H28N2OS. The van der Waals surface area contributed by atoms with Gasteiger partial charge in [0.25, 0.3) is 5.91 Å². The van der Waals surface area contributed by atoms with Crippen LogP contribution in [0.1, 0.15) is 73.7 Å². The van der Waals surface area contributed by atoms with Gasteiger partial charge in [0, 0.05) is 10.9 Å². The molecule has 3 N–H and O–H groups in total. The summed E-state index contributed by atoms with van der Waals surface area (Å²) in [5, 5.41) is 3.92. The number of hydrogen-bond donors (Lipinski definition) is 2. The molecule has 0 spiro atoms. The van der Waals surface area contributed by atoms with Gasteiger partial charge in [0.1, 0.15) is 0 Å². The van der Waals surface area contributed by atoms with Crippen molar-refractivity contribution in [2.75, 3.05) is 5.73 Å². The van der Waals surface area contributed by atoms with Crippen molar-refractivity contribution in [1.82, 2.24) is 5.32 Å². The molecule has 0 bridgehead atoms. The molecule has 0 aliphatic heterocycles. The van der Waals surface area contributed by atoms with Crippen molar-refractivity contribution < 1.29 is 4.79 Å². The maximum Gasteiger partial charge on any atom is 0.254 e. The number of nitrogens with one attached hydrogen (secondary N) is 1. The molecule has 1 atom stereocenters. The number of thiophene rings is 1. The largest absolute Gasteiger partial charge is 0.390 e. The highest BCUT2D eigenvalue weighted by Gasteiger charge is 2.33. The topological polar surface area (TPSA) is 55.1 Å². The molecule has 1 fully saturated rings. The molecular weight excluding hydrogens is 292 g/mol. The van der Waals surface area contributed by atoms with Crippen LogP contribution < -0.4 is 11.1 Å². The highest BCUT2D eigenvalue weighted by atomic mass is 32.1. The van der Waals surface area contributed by atoms with Crippen molar-refractivity contribution in [3.05, 3.63) is 16.0 Å². The van der Waals surface area contributed by atoms with Gasteiger partial charge >= 0.3 is 0 Å². The van der Waals surface area contributed by atoms with E-state index in [1.54, 1.807) is 11.3 Å². The fourth-order valence-electron chi connectivity index (χ4n) is 3.92. The van der Waals surface area contributed by atoms with E-state index in [1.807, 2.05) is 0 Å². The van der Waals surface area contributed by atoms with Crippen molar-refractivity contribution in [3.63, 3.8) is 0 Å². The fourth-order valence-corrected chi connectivity index (χ4v) is 5.12. The Kier molecular flexibility index (Phi) is 4.23. The molecule has 0 radical (unpaired) electrons.